The molecule has 0 aliphatic rings. The van der Waals surface area contributed by atoms with Crippen LogP contribution in [0.5, 0.6) is 5.75 Å². The molecule has 1 amide bonds. The second-order valence-electron chi connectivity index (χ2n) is 5.18. The van der Waals surface area contributed by atoms with Gasteiger partial charge in [-0.2, -0.15) is 0 Å². The van der Waals surface area contributed by atoms with Gasteiger partial charge in [0.2, 0.25) is 0 Å². The smallest absolute Gasteiger partial charge is 0.307 e. The monoisotopic (exact) mass is 304 g/mol. The van der Waals surface area contributed by atoms with Crippen LogP contribution < -0.4 is 10.1 Å². The van der Waals surface area contributed by atoms with Gasteiger partial charge in [-0.1, -0.05) is 0 Å². The van der Waals surface area contributed by atoms with E-state index in [1.54, 1.807) is 27.0 Å². The number of aromatic amines is 1. The molecule has 0 aliphatic carbocycles. The number of nitrogens with one attached hydrogen (secondary N) is 2. The van der Waals surface area contributed by atoms with Crippen molar-refractivity contribution < 1.29 is 19.1 Å². The Kier molecular flexibility index (Phi) is 5.04. The molecule has 2 aromatic rings. The van der Waals surface area contributed by atoms with Gasteiger partial charge in [0.1, 0.15) is 11.4 Å². The van der Waals surface area contributed by atoms with E-state index < -0.39 is 0 Å². The number of carbonyl (C=O) groups is 2. The molecule has 2 N–H and O–H groups in total. The van der Waals surface area contributed by atoms with Gasteiger partial charge in [-0.3, -0.25) is 9.59 Å². The van der Waals surface area contributed by atoms with Gasteiger partial charge in [0, 0.05) is 23.5 Å². The Morgan fingerprint density at radius 3 is 2.73 bits per heavy atom. The number of hydrogen-bond donors (Lipinski definition) is 2. The number of H-pyrrole nitrogens is 1. The predicted octanol–water partition coefficient (Wildman–Crippen LogP) is 2.25. The summed E-state index contributed by atoms with van der Waals surface area (Å²) in [6, 6.07) is 7.30. The first kappa shape index (κ1) is 15.9. The summed E-state index contributed by atoms with van der Waals surface area (Å²) in [5.74, 6) is 0.141. The van der Waals surface area contributed by atoms with Crippen molar-refractivity contribution in [1.82, 2.24) is 10.3 Å². The van der Waals surface area contributed by atoms with Crippen LogP contribution in [0, 0.1) is 0 Å². The zero-order valence-corrected chi connectivity index (χ0v) is 12.9. The van der Waals surface area contributed by atoms with Gasteiger partial charge >= 0.3 is 5.97 Å². The molecular weight excluding hydrogens is 284 g/mol. The molecule has 2 rings (SSSR count). The van der Waals surface area contributed by atoms with E-state index >= 15 is 0 Å². The topological polar surface area (TPSA) is 80.4 Å². The molecule has 0 saturated carbocycles. The molecule has 6 nitrogen and oxygen atoms in total. The fraction of sp³-hybridized carbons (Fsp3) is 0.375. The third kappa shape index (κ3) is 4.00. The molecular formula is C16H20N2O4. The highest BCUT2D eigenvalue weighted by Crippen LogP contribution is 2.21. The van der Waals surface area contributed by atoms with Gasteiger partial charge in [0.15, 0.2) is 0 Å². The van der Waals surface area contributed by atoms with Gasteiger partial charge in [-0.15, -0.1) is 0 Å². The maximum absolute atomic E-state index is 12.0. The molecule has 1 aromatic carbocycles. The number of methoxy groups -OCH3 is 1. The Balaban J connectivity index is 1.94. The number of carbonyl (C=O) groups excluding carboxylic acids is 2. The Morgan fingerprint density at radius 1 is 1.27 bits per heavy atom. The van der Waals surface area contributed by atoms with Crippen molar-refractivity contribution in [3.05, 3.63) is 30.0 Å². The summed E-state index contributed by atoms with van der Waals surface area (Å²) >= 11 is 0. The number of hydrogen-bond acceptors (Lipinski definition) is 4. The molecule has 0 atom stereocenters. The van der Waals surface area contributed by atoms with Gasteiger partial charge < -0.3 is 19.8 Å². The van der Waals surface area contributed by atoms with Crippen molar-refractivity contribution in [3.8, 4) is 5.75 Å². The van der Waals surface area contributed by atoms with Crippen LogP contribution in [0.15, 0.2) is 24.3 Å². The SMILES string of the molecule is COc1ccc2cc(C(=O)NCCC(=O)OC(C)C)[nH]c2c1. The van der Waals surface area contributed by atoms with Gasteiger partial charge in [-0.05, 0) is 32.0 Å². The third-order valence-electron chi connectivity index (χ3n) is 3.06. The first-order chi connectivity index (χ1) is 10.5. The quantitative estimate of drug-likeness (QED) is 0.802. The second kappa shape index (κ2) is 6.98. The van der Waals surface area contributed by atoms with Crippen LogP contribution in [0.25, 0.3) is 10.9 Å². The van der Waals surface area contributed by atoms with Crippen LogP contribution in [0.2, 0.25) is 0 Å². The number of ether oxygens (including phenoxy) is 2. The molecule has 118 valence electrons. The molecule has 0 aliphatic heterocycles. The number of fused-ring (bicyclic) bond motifs is 1. The lowest BCUT2D eigenvalue weighted by atomic mass is 10.2. The zero-order valence-electron chi connectivity index (χ0n) is 12.9. The summed E-state index contributed by atoms with van der Waals surface area (Å²) in [5, 5.41) is 3.61. The fourth-order valence-electron chi connectivity index (χ4n) is 2.05. The molecule has 0 bridgehead atoms. The summed E-state index contributed by atoms with van der Waals surface area (Å²) in [6.07, 6.45) is 0.00437. The van der Waals surface area contributed by atoms with Gasteiger partial charge in [0.25, 0.3) is 5.91 Å². The Labute approximate surface area is 128 Å². The summed E-state index contributed by atoms with van der Waals surface area (Å²) in [4.78, 5) is 26.5. The summed E-state index contributed by atoms with van der Waals surface area (Å²) in [6.45, 7) is 3.81. The lowest BCUT2D eigenvalue weighted by molar-refractivity contribution is -0.147. The minimum atomic E-state index is -0.323. The molecule has 0 spiro atoms. The van der Waals surface area contributed by atoms with Gasteiger partial charge in [-0.25, -0.2) is 0 Å². The van der Waals surface area contributed by atoms with Crippen LogP contribution in [0.4, 0.5) is 0 Å². The maximum atomic E-state index is 12.0. The average molecular weight is 304 g/mol. The third-order valence-corrected chi connectivity index (χ3v) is 3.06. The maximum Gasteiger partial charge on any atom is 0.307 e. The van der Waals surface area contributed by atoms with E-state index in [4.69, 9.17) is 9.47 Å². The normalized spacial score (nSPS) is 10.7. The highest BCUT2D eigenvalue weighted by Gasteiger charge is 2.11. The number of amides is 1. The highest BCUT2D eigenvalue weighted by molar-refractivity contribution is 5.98. The average Bonchev–Trinajstić information content (AvgIpc) is 2.89. The number of benzene rings is 1. The van der Waals surface area contributed by atoms with E-state index in [2.05, 4.69) is 10.3 Å². The van der Waals surface area contributed by atoms with E-state index in [0.717, 1.165) is 16.7 Å². The van der Waals surface area contributed by atoms with Crippen molar-refractivity contribution in [1.29, 1.82) is 0 Å². The number of esters is 1. The van der Waals surface area contributed by atoms with Crippen molar-refractivity contribution >= 4 is 22.8 Å². The van der Waals surface area contributed by atoms with Crippen LogP contribution in [0.3, 0.4) is 0 Å². The molecule has 1 aromatic heterocycles. The van der Waals surface area contributed by atoms with Crippen molar-refractivity contribution in [3.63, 3.8) is 0 Å². The lowest BCUT2D eigenvalue weighted by Gasteiger charge is -2.08. The summed E-state index contributed by atoms with van der Waals surface area (Å²) in [7, 11) is 1.59. The molecule has 0 fully saturated rings. The minimum Gasteiger partial charge on any atom is -0.497 e. The van der Waals surface area contributed by atoms with E-state index in [0.29, 0.717) is 5.69 Å². The molecule has 0 radical (unpaired) electrons. The van der Waals surface area contributed by atoms with E-state index in [9.17, 15) is 9.59 Å². The van der Waals surface area contributed by atoms with E-state index in [1.807, 2.05) is 18.2 Å². The fourth-order valence-corrected chi connectivity index (χ4v) is 2.05. The molecule has 0 unspecified atom stereocenters. The van der Waals surface area contributed by atoms with Gasteiger partial charge in [0.05, 0.1) is 19.6 Å². The first-order valence-electron chi connectivity index (χ1n) is 7.14. The Morgan fingerprint density at radius 2 is 2.05 bits per heavy atom. The van der Waals surface area contributed by atoms with E-state index in [1.165, 1.54) is 0 Å². The standard InChI is InChI=1S/C16H20N2O4/c1-10(2)22-15(19)6-7-17-16(20)14-8-11-4-5-12(21-3)9-13(11)18-14/h4-5,8-10,18H,6-7H2,1-3H3,(H,17,20). The van der Waals surface area contributed by atoms with Crippen LogP contribution in [0.1, 0.15) is 30.8 Å². The van der Waals surface area contributed by atoms with Crippen molar-refractivity contribution in [2.45, 2.75) is 26.4 Å². The Bertz CT molecular complexity index is 676. The van der Waals surface area contributed by atoms with Crippen LogP contribution in [-0.4, -0.2) is 36.6 Å². The zero-order chi connectivity index (χ0) is 16.1. The van der Waals surface area contributed by atoms with E-state index in [-0.39, 0.29) is 30.9 Å². The van der Waals surface area contributed by atoms with Crippen LogP contribution in [-0.2, 0) is 9.53 Å². The second-order valence-corrected chi connectivity index (χ2v) is 5.18. The molecule has 22 heavy (non-hydrogen) atoms. The first-order valence-corrected chi connectivity index (χ1v) is 7.14. The molecule has 6 heteroatoms. The molecule has 1 heterocycles. The predicted molar refractivity (Wildman–Crippen MR) is 83.0 cm³/mol. The number of rotatable bonds is 6. The van der Waals surface area contributed by atoms with Crippen LogP contribution >= 0.6 is 0 Å². The summed E-state index contributed by atoms with van der Waals surface area (Å²) < 4.78 is 10.1. The largest absolute Gasteiger partial charge is 0.497 e. The molecule has 0 saturated heterocycles. The number of aromatic nitrogens is 1. The Hall–Kier alpha value is -2.50. The highest BCUT2D eigenvalue weighted by atomic mass is 16.5. The lowest BCUT2D eigenvalue weighted by Crippen LogP contribution is -2.27. The minimum absolute atomic E-state index is 0.146. The summed E-state index contributed by atoms with van der Waals surface area (Å²) in [5.41, 5.74) is 1.27. The van der Waals surface area contributed by atoms with Crippen molar-refractivity contribution in [2.75, 3.05) is 13.7 Å². The van der Waals surface area contributed by atoms with Crippen molar-refractivity contribution in [2.24, 2.45) is 0 Å².